The maximum Gasteiger partial charge on any atom is 0.268 e. The first-order valence-electron chi connectivity index (χ1n) is 9.25. The number of rotatable bonds is 7. The zero-order chi connectivity index (χ0) is 18.7. The SMILES string of the molecule is COCCCN1CC[C@H](CNC(=O)c2c(C)c3cc(F)ccc3n2C)C1. The number of benzene rings is 1. The van der Waals surface area contributed by atoms with Crippen LogP contribution < -0.4 is 5.32 Å². The highest BCUT2D eigenvalue weighted by molar-refractivity contribution is 6.01. The molecule has 6 heteroatoms. The number of nitrogens with zero attached hydrogens (tertiary/aromatic N) is 2. The predicted octanol–water partition coefficient (Wildman–Crippen LogP) is 2.71. The molecule has 2 aromatic rings. The fourth-order valence-electron chi connectivity index (χ4n) is 3.96. The van der Waals surface area contributed by atoms with Crippen LogP contribution in [0.1, 0.15) is 28.9 Å². The van der Waals surface area contributed by atoms with Crippen LogP contribution in [-0.2, 0) is 11.8 Å². The van der Waals surface area contributed by atoms with E-state index in [4.69, 9.17) is 4.74 Å². The fourth-order valence-corrected chi connectivity index (χ4v) is 3.96. The summed E-state index contributed by atoms with van der Waals surface area (Å²) >= 11 is 0. The number of methoxy groups -OCH3 is 1. The average molecular weight is 361 g/mol. The van der Waals surface area contributed by atoms with Crippen molar-refractivity contribution in [2.45, 2.75) is 19.8 Å². The third kappa shape index (κ3) is 3.91. The summed E-state index contributed by atoms with van der Waals surface area (Å²) in [5, 5.41) is 3.88. The Labute approximate surface area is 154 Å². The summed E-state index contributed by atoms with van der Waals surface area (Å²) in [6, 6.07) is 4.65. The maximum absolute atomic E-state index is 13.5. The van der Waals surface area contributed by atoms with E-state index in [1.54, 1.807) is 13.2 Å². The molecule has 0 radical (unpaired) electrons. The van der Waals surface area contributed by atoms with Gasteiger partial charge in [0.25, 0.3) is 5.91 Å². The van der Waals surface area contributed by atoms with E-state index < -0.39 is 0 Å². The van der Waals surface area contributed by atoms with Gasteiger partial charge in [0.1, 0.15) is 11.5 Å². The van der Waals surface area contributed by atoms with E-state index in [0.29, 0.717) is 18.2 Å². The van der Waals surface area contributed by atoms with Crippen LogP contribution >= 0.6 is 0 Å². The van der Waals surface area contributed by atoms with Crippen LogP contribution in [0, 0.1) is 18.7 Å². The number of carbonyl (C=O) groups is 1. The second kappa shape index (κ2) is 8.18. The number of ether oxygens (including phenoxy) is 1. The molecule has 1 aromatic carbocycles. The summed E-state index contributed by atoms with van der Waals surface area (Å²) in [4.78, 5) is 15.2. The lowest BCUT2D eigenvalue weighted by molar-refractivity contribution is 0.0939. The predicted molar refractivity (Wildman–Crippen MR) is 101 cm³/mol. The molecule has 0 bridgehead atoms. The summed E-state index contributed by atoms with van der Waals surface area (Å²) in [6.45, 7) is 6.49. The molecule has 0 spiro atoms. The standard InChI is InChI=1S/C20H28FN3O2/c1-14-17-11-16(21)5-6-18(17)23(2)19(14)20(25)22-12-15-7-9-24(13-15)8-4-10-26-3/h5-6,11,15H,4,7-10,12-13H2,1-3H3,(H,22,25)/t15-/m1/s1. The Morgan fingerprint density at radius 3 is 3.00 bits per heavy atom. The van der Waals surface area contributed by atoms with Crippen LogP contribution in [0.4, 0.5) is 4.39 Å². The molecule has 0 aliphatic carbocycles. The molecule has 2 heterocycles. The van der Waals surface area contributed by atoms with E-state index in [0.717, 1.165) is 55.5 Å². The number of hydrogen-bond acceptors (Lipinski definition) is 3. The van der Waals surface area contributed by atoms with Gasteiger partial charge in [-0.3, -0.25) is 4.79 Å². The summed E-state index contributed by atoms with van der Waals surface area (Å²) in [5.74, 6) is 0.117. The Bertz CT molecular complexity index is 787. The molecular weight excluding hydrogens is 333 g/mol. The van der Waals surface area contributed by atoms with Crippen molar-refractivity contribution in [1.29, 1.82) is 0 Å². The van der Waals surface area contributed by atoms with Crippen molar-refractivity contribution < 1.29 is 13.9 Å². The Morgan fingerprint density at radius 1 is 1.42 bits per heavy atom. The van der Waals surface area contributed by atoms with E-state index >= 15 is 0 Å². The van der Waals surface area contributed by atoms with E-state index in [-0.39, 0.29) is 11.7 Å². The van der Waals surface area contributed by atoms with Crippen molar-refractivity contribution in [2.24, 2.45) is 13.0 Å². The molecule has 1 N–H and O–H groups in total. The van der Waals surface area contributed by atoms with Crippen molar-refractivity contribution in [3.63, 3.8) is 0 Å². The molecular formula is C20H28FN3O2. The molecule has 1 fully saturated rings. The molecule has 1 aromatic heterocycles. The first-order chi connectivity index (χ1) is 12.5. The van der Waals surface area contributed by atoms with E-state index in [1.165, 1.54) is 12.1 Å². The van der Waals surface area contributed by atoms with Gasteiger partial charge >= 0.3 is 0 Å². The lowest BCUT2D eigenvalue weighted by Gasteiger charge is -2.16. The Morgan fingerprint density at radius 2 is 2.23 bits per heavy atom. The van der Waals surface area contributed by atoms with Gasteiger partial charge in [0.15, 0.2) is 0 Å². The fraction of sp³-hybridized carbons (Fsp3) is 0.550. The molecule has 0 unspecified atom stereocenters. The molecule has 3 rings (SSSR count). The van der Waals surface area contributed by atoms with Gasteiger partial charge in [-0.1, -0.05) is 0 Å². The highest BCUT2D eigenvalue weighted by Gasteiger charge is 2.24. The maximum atomic E-state index is 13.5. The summed E-state index contributed by atoms with van der Waals surface area (Å²) < 4.78 is 20.5. The third-order valence-corrected chi connectivity index (χ3v) is 5.37. The Kier molecular flexibility index (Phi) is 5.94. The molecule has 1 aliphatic rings. The number of nitrogens with one attached hydrogen (secondary N) is 1. The monoisotopic (exact) mass is 361 g/mol. The minimum absolute atomic E-state index is 0.0839. The zero-order valence-corrected chi connectivity index (χ0v) is 15.8. The smallest absolute Gasteiger partial charge is 0.268 e. The molecule has 1 aliphatic heterocycles. The number of halogens is 1. The van der Waals surface area contributed by atoms with Crippen molar-refractivity contribution in [1.82, 2.24) is 14.8 Å². The van der Waals surface area contributed by atoms with Gasteiger partial charge in [0.2, 0.25) is 0 Å². The summed E-state index contributed by atoms with van der Waals surface area (Å²) in [7, 11) is 3.58. The minimum Gasteiger partial charge on any atom is -0.385 e. The normalized spacial score (nSPS) is 17.9. The number of aromatic nitrogens is 1. The number of amides is 1. The largest absolute Gasteiger partial charge is 0.385 e. The highest BCUT2D eigenvalue weighted by atomic mass is 19.1. The number of likely N-dealkylation sites (tertiary alicyclic amines) is 1. The van der Waals surface area contributed by atoms with E-state index in [2.05, 4.69) is 10.2 Å². The van der Waals surface area contributed by atoms with Gasteiger partial charge in [-0.2, -0.15) is 0 Å². The van der Waals surface area contributed by atoms with Crippen LogP contribution in [0.15, 0.2) is 18.2 Å². The molecule has 5 nitrogen and oxygen atoms in total. The summed E-state index contributed by atoms with van der Waals surface area (Å²) in [6.07, 6.45) is 2.15. The van der Waals surface area contributed by atoms with Crippen molar-refractivity contribution in [2.75, 3.05) is 39.9 Å². The molecule has 26 heavy (non-hydrogen) atoms. The van der Waals surface area contributed by atoms with Crippen molar-refractivity contribution in [3.05, 3.63) is 35.3 Å². The second-order valence-corrected chi connectivity index (χ2v) is 7.21. The molecule has 0 saturated carbocycles. The summed E-state index contributed by atoms with van der Waals surface area (Å²) in [5.41, 5.74) is 2.31. The zero-order valence-electron chi connectivity index (χ0n) is 15.8. The van der Waals surface area contributed by atoms with Crippen molar-refractivity contribution in [3.8, 4) is 0 Å². The number of hydrogen-bond donors (Lipinski definition) is 1. The average Bonchev–Trinajstić information content (AvgIpc) is 3.16. The van der Waals surface area contributed by atoms with Gasteiger partial charge in [0.05, 0.1) is 0 Å². The van der Waals surface area contributed by atoms with Crippen LogP contribution in [0.5, 0.6) is 0 Å². The molecule has 1 saturated heterocycles. The van der Waals surface area contributed by atoms with Crippen molar-refractivity contribution >= 4 is 16.8 Å². The quantitative estimate of drug-likeness (QED) is 0.772. The minimum atomic E-state index is -0.280. The molecule has 142 valence electrons. The van der Waals surface area contributed by atoms with Gasteiger partial charge in [0, 0.05) is 51.3 Å². The van der Waals surface area contributed by atoms with E-state index in [9.17, 15) is 9.18 Å². The first kappa shape index (κ1) is 18.9. The Balaban J connectivity index is 1.60. The highest BCUT2D eigenvalue weighted by Crippen LogP contribution is 2.25. The van der Waals surface area contributed by atoms with Crippen LogP contribution in [0.25, 0.3) is 10.9 Å². The van der Waals surface area contributed by atoms with Gasteiger partial charge in [-0.05, 0) is 56.0 Å². The second-order valence-electron chi connectivity index (χ2n) is 7.21. The lowest BCUT2D eigenvalue weighted by Crippen LogP contribution is -2.32. The van der Waals surface area contributed by atoms with Gasteiger partial charge in [-0.25, -0.2) is 4.39 Å². The van der Waals surface area contributed by atoms with Crippen LogP contribution in [-0.4, -0.2) is 55.3 Å². The third-order valence-electron chi connectivity index (χ3n) is 5.37. The topological polar surface area (TPSA) is 46.5 Å². The Hall–Kier alpha value is -1.92. The first-order valence-corrected chi connectivity index (χ1v) is 9.25. The number of fused-ring (bicyclic) bond motifs is 1. The van der Waals surface area contributed by atoms with E-state index in [1.807, 2.05) is 18.5 Å². The molecule has 1 atom stereocenters. The number of aryl methyl sites for hydroxylation is 2. The van der Waals surface area contributed by atoms with Crippen LogP contribution in [0.3, 0.4) is 0 Å². The van der Waals surface area contributed by atoms with Crippen LogP contribution in [0.2, 0.25) is 0 Å². The van der Waals surface area contributed by atoms with Gasteiger partial charge in [-0.15, -0.1) is 0 Å². The number of carbonyl (C=O) groups excluding carboxylic acids is 1. The van der Waals surface area contributed by atoms with Gasteiger partial charge < -0.3 is 19.5 Å². The molecule has 1 amide bonds. The lowest BCUT2D eigenvalue weighted by atomic mass is 10.1.